The molecule has 4 aliphatic rings. The Balaban J connectivity index is 1.25. The van der Waals surface area contributed by atoms with Crippen molar-refractivity contribution in [2.45, 2.75) is 133 Å². The number of anilines is 2. The molecule has 0 bridgehead atoms. The Kier molecular flexibility index (Phi) is 8.33. The molecule has 51 heavy (non-hydrogen) atoms. The van der Waals surface area contributed by atoms with Gasteiger partial charge in [0.1, 0.15) is 22.3 Å². The molecule has 3 N–H and O–H groups in total. The van der Waals surface area contributed by atoms with Gasteiger partial charge in [-0.3, -0.25) is 0 Å². The number of likely N-dealkylation sites (tertiary alicyclic amines) is 1. The summed E-state index contributed by atoms with van der Waals surface area (Å²) in [5, 5.41) is 25.2. The normalized spacial score (nSPS) is 25.5. The van der Waals surface area contributed by atoms with E-state index in [1.54, 1.807) is 18.4 Å². The molecule has 0 aromatic carbocycles. The van der Waals surface area contributed by atoms with Crippen molar-refractivity contribution in [3.05, 3.63) is 27.3 Å². The molecule has 8 rings (SSSR count). The number of nitrogens with two attached hydrogens (primary N) is 1. The van der Waals surface area contributed by atoms with Crippen LogP contribution in [0.4, 0.5) is 10.8 Å². The molecular weight excluding hydrogens is 679 g/mol. The maximum Gasteiger partial charge on any atom is 0.246 e. The van der Waals surface area contributed by atoms with Crippen molar-refractivity contribution >= 4 is 41.5 Å². The first-order chi connectivity index (χ1) is 24.3. The summed E-state index contributed by atoms with van der Waals surface area (Å²) in [6.45, 7) is 14.7. The zero-order chi connectivity index (χ0) is 36.0. The molecule has 0 amide bonds. The second-order valence-corrected chi connectivity index (χ2v) is 22.7. The summed E-state index contributed by atoms with van der Waals surface area (Å²) in [7, 11) is 1.89. The molecule has 12 nitrogen and oxygen atoms in total. The third-order valence-corrected chi connectivity index (χ3v) is 18.2. The first-order valence-corrected chi connectivity index (χ1v) is 22.3. The molecule has 5 heterocycles. The zero-order valence-electron chi connectivity index (χ0n) is 31.2. The Hall–Kier alpha value is -3.51. The molecule has 2 fully saturated rings. The topological polar surface area (TPSA) is 153 Å². The summed E-state index contributed by atoms with van der Waals surface area (Å²) in [6, 6.07) is 2.92. The second kappa shape index (κ2) is 12.3. The fraction of sp³-hybridized carbons (Fsp3) is 0.649. The number of ether oxygens (including phenoxy) is 1. The van der Waals surface area contributed by atoms with Crippen LogP contribution >= 0.6 is 11.3 Å². The number of nitrogen functional groups attached to an aromatic ring is 1. The van der Waals surface area contributed by atoms with Gasteiger partial charge < -0.3 is 29.6 Å². The van der Waals surface area contributed by atoms with Crippen LogP contribution in [0.5, 0.6) is 5.88 Å². The molecule has 4 aromatic heterocycles. The molecule has 272 valence electrons. The largest absolute Gasteiger partial charge is 0.479 e. The number of aromatic nitrogens is 5. The lowest BCUT2D eigenvalue weighted by Crippen LogP contribution is -2.42. The number of fused-ring (bicyclic) bond motifs is 5. The van der Waals surface area contributed by atoms with Gasteiger partial charge in [-0.2, -0.15) is 5.26 Å². The zero-order valence-corrected chi connectivity index (χ0v) is 33.0. The minimum absolute atomic E-state index is 0.0543. The van der Waals surface area contributed by atoms with Crippen LogP contribution in [-0.4, -0.2) is 77.0 Å². The Bertz CT molecular complexity index is 2040. The van der Waals surface area contributed by atoms with Gasteiger partial charge in [-0.05, 0) is 102 Å². The quantitative estimate of drug-likeness (QED) is 0.177. The van der Waals surface area contributed by atoms with Gasteiger partial charge in [0.15, 0.2) is 31.2 Å². The third-order valence-electron chi connectivity index (χ3n) is 12.6. The van der Waals surface area contributed by atoms with Crippen molar-refractivity contribution in [1.29, 1.82) is 5.26 Å². The number of methoxy groups -OCH3 is 1. The highest BCUT2D eigenvalue weighted by molar-refractivity contribution is 7.16. The van der Waals surface area contributed by atoms with Crippen LogP contribution in [0.1, 0.15) is 106 Å². The highest BCUT2D eigenvalue weighted by Crippen LogP contribution is 2.55. The van der Waals surface area contributed by atoms with Gasteiger partial charge in [0.2, 0.25) is 5.88 Å². The van der Waals surface area contributed by atoms with Crippen molar-refractivity contribution in [1.82, 2.24) is 29.8 Å². The fourth-order valence-electron chi connectivity index (χ4n) is 8.75. The van der Waals surface area contributed by atoms with Crippen molar-refractivity contribution in [2.24, 2.45) is 0 Å². The van der Waals surface area contributed by atoms with E-state index >= 15 is 0 Å². The van der Waals surface area contributed by atoms with Crippen LogP contribution < -0.4 is 15.8 Å². The van der Waals surface area contributed by atoms with Crippen LogP contribution in [0.2, 0.25) is 18.1 Å². The molecule has 4 aromatic rings. The van der Waals surface area contributed by atoms with Gasteiger partial charge in [0.25, 0.3) is 0 Å². The SMILES string of the molecule is COc1nn([C@@H](C)[C@@H]2CCCN2C)c2nc(-c3noc4c3CCC[C@@]43CCCc4sc(N)c(C#N)c43)nc(N[C@H]3C[C@@H]3O[Si](C)(C)C(C)(C)C)c12. The molecule has 3 aliphatic carbocycles. The molecule has 1 saturated heterocycles. The fourth-order valence-corrected chi connectivity index (χ4v) is 11.3. The average Bonchev–Trinajstić information content (AvgIpc) is 3.51. The van der Waals surface area contributed by atoms with Gasteiger partial charge >= 0.3 is 0 Å². The van der Waals surface area contributed by atoms with Gasteiger partial charge in [-0.1, -0.05) is 25.9 Å². The summed E-state index contributed by atoms with van der Waals surface area (Å²) < 4.78 is 21.1. The molecule has 0 unspecified atom stereocenters. The highest BCUT2D eigenvalue weighted by Gasteiger charge is 2.50. The summed E-state index contributed by atoms with van der Waals surface area (Å²) in [6.07, 6.45) is 8.74. The van der Waals surface area contributed by atoms with Crippen LogP contribution in [0.15, 0.2) is 4.52 Å². The van der Waals surface area contributed by atoms with Crippen LogP contribution in [0.3, 0.4) is 0 Å². The van der Waals surface area contributed by atoms with Crippen molar-refractivity contribution in [3.8, 4) is 23.5 Å². The maximum atomic E-state index is 10.2. The van der Waals surface area contributed by atoms with E-state index in [9.17, 15) is 5.26 Å². The Labute approximate surface area is 305 Å². The first kappa shape index (κ1) is 34.6. The second-order valence-electron chi connectivity index (χ2n) is 16.8. The number of nitrogens with one attached hydrogen (secondary N) is 1. The number of likely N-dealkylation sites (N-methyl/N-ethyl adjacent to an activating group) is 1. The summed E-state index contributed by atoms with van der Waals surface area (Å²) >= 11 is 1.55. The Morgan fingerprint density at radius 1 is 1.18 bits per heavy atom. The minimum atomic E-state index is -1.96. The number of nitrogens with zero attached hydrogens (tertiary/aromatic N) is 7. The van der Waals surface area contributed by atoms with E-state index in [0.29, 0.717) is 45.5 Å². The molecular formula is C37H51N9O3SSi. The molecule has 1 spiro atoms. The lowest BCUT2D eigenvalue weighted by atomic mass is 9.63. The molecule has 1 aliphatic heterocycles. The molecule has 1 saturated carbocycles. The minimum Gasteiger partial charge on any atom is -0.479 e. The number of hydrogen-bond acceptors (Lipinski definition) is 12. The molecule has 5 atom stereocenters. The van der Waals surface area contributed by atoms with E-state index in [0.717, 1.165) is 86.6 Å². The molecule has 14 heteroatoms. The lowest BCUT2D eigenvalue weighted by Gasteiger charge is -2.39. The maximum absolute atomic E-state index is 10.2. The summed E-state index contributed by atoms with van der Waals surface area (Å²) in [4.78, 5) is 14.1. The van der Waals surface area contributed by atoms with Crippen molar-refractivity contribution in [2.75, 3.05) is 31.8 Å². The predicted octanol–water partition coefficient (Wildman–Crippen LogP) is 7.19. The average molecular weight is 730 g/mol. The predicted molar refractivity (Wildman–Crippen MR) is 202 cm³/mol. The van der Waals surface area contributed by atoms with E-state index in [1.165, 1.54) is 4.88 Å². The van der Waals surface area contributed by atoms with E-state index in [4.69, 9.17) is 39.6 Å². The van der Waals surface area contributed by atoms with E-state index in [1.807, 2.05) is 4.68 Å². The number of aryl methyl sites for hydroxylation is 1. The van der Waals surface area contributed by atoms with E-state index < -0.39 is 13.7 Å². The Morgan fingerprint density at radius 3 is 2.63 bits per heavy atom. The monoisotopic (exact) mass is 729 g/mol. The van der Waals surface area contributed by atoms with Crippen LogP contribution in [0, 0.1) is 11.3 Å². The van der Waals surface area contributed by atoms with E-state index in [2.05, 4.69) is 64.1 Å². The van der Waals surface area contributed by atoms with Gasteiger partial charge in [-0.15, -0.1) is 16.4 Å². The Morgan fingerprint density at radius 2 is 1.94 bits per heavy atom. The number of nitriles is 1. The van der Waals surface area contributed by atoms with Crippen LogP contribution in [-0.2, 0) is 22.7 Å². The lowest BCUT2D eigenvalue weighted by molar-refractivity contribution is 0.229. The van der Waals surface area contributed by atoms with Gasteiger partial charge in [-0.25, -0.2) is 14.6 Å². The summed E-state index contributed by atoms with van der Waals surface area (Å²) in [5.74, 6) is 2.53. The number of hydrogen-bond donors (Lipinski definition) is 2. The number of thiophene rings is 1. The third kappa shape index (κ3) is 5.49. The number of rotatable bonds is 8. The highest BCUT2D eigenvalue weighted by atomic mass is 32.1. The molecule has 0 radical (unpaired) electrons. The van der Waals surface area contributed by atoms with E-state index in [-0.39, 0.29) is 23.2 Å². The van der Waals surface area contributed by atoms with Gasteiger partial charge in [0.05, 0.1) is 36.3 Å². The van der Waals surface area contributed by atoms with Crippen molar-refractivity contribution in [3.63, 3.8) is 0 Å². The van der Waals surface area contributed by atoms with Crippen molar-refractivity contribution < 1.29 is 13.7 Å². The summed E-state index contributed by atoms with van der Waals surface area (Å²) in [5.41, 5.74) is 10.1. The van der Waals surface area contributed by atoms with Crippen LogP contribution in [0.25, 0.3) is 22.6 Å². The van der Waals surface area contributed by atoms with Gasteiger partial charge in [0, 0.05) is 16.5 Å². The first-order valence-electron chi connectivity index (χ1n) is 18.6. The standard InChI is InChI=1S/C37H51N9O3SSi/c1-20(24-13-11-17-45(24)5)46-34-27(35(43-46)47-6)32(40-23-18-25(23)49-51(7,8)36(2,3)4)41-33(42-34)29-21-12-9-15-37(30(21)48-44-29)16-10-14-26-28(37)22(19-38)31(39)50-26/h20,23-25H,9-18,39H2,1-8H3,(H,40,41,42)/t20-,23-,24-,25-,37-/m0/s1. The smallest absolute Gasteiger partial charge is 0.246 e.